The van der Waals surface area contributed by atoms with E-state index in [0.717, 1.165) is 21.8 Å². The fourth-order valence-electron chi connectivity index (χ4n) is 1.87. The number of aromatic amines is 2. The standard InChI is InChI=1S/C13H13N3O4/c1-8(16-12(19)14-15-13(16)20)10-5-2-9(3-6-10)4-7-11(17)18/h2-8H,1H3,(H,14,19)(H,15,20)(H,17,18)/b7-4+. The highest BCUT2D eigenvalue weighted by molar-refractivity contribution is 5.85. The molecule has 2 aromatic rings. The van der Waals surface area contributed by atoms with Crippen molar-refractivity contribution in [2.45, 2.75) is 13.0 Å². The highest BCUT2D eigenvalue weighted by Crippen LogP contribution is 2.15. The van der Waals surface area contributed by atoms with Crippen LogP contribution in [0.5, 0.6) is 0 Å². The van der Waals surface area contributed by atoms with E-state index in [0.29, 0.717) is 0 Å². The summed E-state index contributed by atoms with van der Waals surface area (Å²) in [6, 6.07) is 6.50. The van der Waals surface area contributed by atoms with E-state index in [1.807, 2.05) is 0 Å². The molecule has 0 radical (unpaired) electrons. The van der Waals surface area contributed by atoms with Gasteiger partial charge in [0.25, 0.3) is 0 Å². The lowest BCUT2D eigenvalue weighted by atomic mass is 10.1. The van der Waals surface area contributed by atoms with E-state index < -0.39 is 23.4 Å². The van der Waals surface area contributed by atoms with E-state index in [1.165, 1.54) is 6.08 Å². The molecule has 20 heavy (non-hydrogen) atoms. The van der Waals surface area contributed by atoms with E-state index in [4.69, 9.17) is 5.11 Å². The monoisotopic (exact) mass is 275 g/mol. The number of carboxylic acid groups (broad SMARTS) is 1. The van der Waals surface area contributed by atoms with Crippen LogP contribution in [0.1, 0.15) is 24.1 Å². The summed E-state index contributed by atoms with van der Waals surface area (Å²) in [4.78, 5) is 33.4. The summed E-state index contributed by atoms with van der Waals surface area (Å²) >= 11 is 0. The fourth-order valence-corrected chi connectivity index (χ4v) is 1.87. The minimum atomic E-state index is -1.02. The first-order valence-corrected chi connectivity index (χ1v) is 5.89. The number of rotatable bonds is 4. The summed E-state index contributed by atoms with van der Waals surface area (Å²) in [6.45, 7) is 1.73. The van der Waals surface area contributed by atoms with Gasteiger partial charge in [0.2, 0.25) is 0 Å². The van der Waals surface area contributed by atoms with Crippen molar-refractivity contribution in [2.75, 3.05) is 0 Å². The van der Waals surface area contributed by atoms with Crippen LogP contribution in [-0.4, -0.2) is 25.8 Å². The average molecular weight is 275 g/mol. The quantitative estimate of drug-likeness (QED) is 0.709. The van der Waals surface area contributed by atoms with Crippen LogP contribution in [0.25, 0.3) is 6.08 Å². The van der Waals surface area contributed by atoms with Gasteiger partial charge in [0.05, 0.1) is 6.04 Å². The predicted octanol–water partition coefficient (Wildman–Crippen LogP) is 0.572. The number of carboxylic acids is 1. The van der Waals surface area contributed by atoms with Crippen LogP contribution in [0.15, 0.2) is 39.9 Å². The Labute approximate surface area is 113 Å². The third-order valence-corrected chi connectivity index (χ3v) is 2.94. The smallest absolute Gasteiger partial charge is 0.344 e. The van der Waals surface area contributed by atoms with Gasteiger partial charge in [0.1, 0.15) is 0 Å². The van der Waals surface area contributed by atoms with Crippen molar-refractivity contribution in [1.82, 2.24) is 14.8 Å². The van der Waals surface area contributed by atoms with E-state index in [9.17, 15) is 14.4 Å². The van der Waals surface area contributed by atoms with E-state index >= 15 is 0 Å². The highest BCUT2D eigenvalue weighted by atomic mass is 16.4. The number of hydrogen-bond donors (Lipinski definition) is 3. The zero-order valence-corrected chi connectivity index (χ0v) is 10.7. The number of nitrogens with one attached hydrogen (secondary N) is 2. The topological polar surface area (TPSA) is 108 Å². The Bertz CT molecular complexity index is 721. The molecule has 0 amide bonds. The van der Waals surface area contributed by atoms with Crippen molar-refractivity contribution in [3.8, 4) is 0 Å². The second kappa shape index (κ2) is 5.43. The second-order valence-corrected chi connectivity index (χ2v) is 4.24. The maximum atomic E-state index is 11.5. The van der Waals surface area contributed by atoms with Crippen LogP contribution in [0.4, 0.5) is 0 Å². The summed E-state index contributed by atoms with van der Waals surface area (Å²) in [5, 5.41) is 13.0. The van der Waals surface area contributed by atoms with Gasteiger partial charge in [0, 0.05) is 6.08 Å². The number of aliphatic carboxylic acids is 1. The van der Waals surface area contributed by atoms with Crippen LogP contribution in [0.3, 0.4) is 0 Å². The second-order valence-electron chi connectivity index (χ2n) is 4.24. The largest absolute Gasteiger partial charge is 0.478 e. The Hall–Kier alpha value is -2.83. The predicted molar refractivity (Wildman–Crippen MR) is 72.6 cm³/mol. The summed E-state index contributed by atoms with van der Waals surface area (Å²) in [6.07, 6.45) is 2.51. The number of hydrogen-bond acceptors (Lipinski definition) is 3. The Kier molecular flexibility index (Phi) is 3.69. The van der Waals surface area contributed by atoms with Crippen LogP contribution >= 0.6 is 0 Å². The van der Waals surface area contributed by atoms with Crippen molar-refractivity contribution in [1.29, 1.82) is 0 Å². The molecule has 1 heterocycles. The number of aromatic nitrogens is 3. The Balaban J connectivity index is 2.29. The number of benzene rings is 1. The van der Waals surface area contributed by atoms with Gasteiger partial charge in [-0.25, -0.2) is 29.1 Å². The van der Waals surface area contributed by atoms with E-state index in [1.54, 1.807) is 31.2 Å². The molecule has 3 N–H and O–H groups in total. The van der Waals surface area contributed by atoms with Gasteiger partial charge in [-0.1, -0.05) is 24.3 Å². The molecule has 0 aliphatic heterocycles. The summed E-state index contributed by atoms with van der Waals surface area (Å²) in [7, 11) is 0. The Morgan fingerprint density at radius 3 is 2.25 bits per heavy atom. The number of H-pyrrole nitrogens is 2. The number of nitrogens with zero attached hydrogens (tertiary/aromatic N) is 1. The van der Waals surface area contributed by atoms with Gasteiger partial charge in [-0.2, -0.15) is 0 Å². The van der Waals surface area contributed by atoms with E-state index in [-0.39, 0.29) is 0 Å². The maximum Gasteiger partial charge on any atom is 0.344 e. The Morgan fingerprint density at radius 1 is 1.20 bits per heavy atom. The highest BCUT2D eigenvalue weighted by Gasteiger charge is 2.13. The van der Waals surface area contributed by atoms with E-state index in [2.05, 4.69) is 10.2 Å². The van der Waals surface area contributed by atoms with Gasteiger partial charge >= 0.3 is 17.3 Å². The lowest BCUT2D eigenvalue weighted by Crippen LogP contribution is -2.30. The number of carbonyl (C=O) groups is 1. The van der Waals surface area contributed by atoms with Gasteiger partial charge < -0.3 is 5.11 Å². The first-order chi connectivity index (χ1) is 9.49. The SMILES string of the molecule is CC(c1ccc(/C=C/C(=O)O)cc1)n1c(=O)[nH][nH]c1=O. The molecule has 1 unspecified atom stereocenters. The molecule has 0 saturated heterocycles. The summed E-state index contributed by atoms with van der Waals surface area (Å²) in [5.41, 5.74) is 0.484. The molecular weight excluding hydrogens is 262 g/mol. The zero-order chi connectivity index (χ0) is 14.7. The molecule has 7 heteroatoms. The normalized spacial score (nSPS) is 12.7. The van der Waals surface area contributed by atoms with Gasteiger partial charge in [-0.3, -0.25) is 0 Å². The third kappa shape index (κ3) is 2.77. The van der Waals surface area contributed by atoms with Crippen molar-refractivity contribution < 1.29 is 9.90 Å². The first kappa shape index (κ1) is 13.6. The fraction of sp³-hybridized carbons (Fsp3) is 0.154. The first-order valence-electron chi connectivity index (χ1n) is 5.89. The zero-order valence-electron chi connectivity index (χ0n) is 10.7. The maximum absolute atomic E-state index is 11.5. The minimum absolute atomic E-state index is 0.421. The lowest BCUT2D eigenvalue weighted by molar-refractivity contribution is -0.131. The molecule has 0 aliphatic carbocycles. The van der Waals surface area contributed by atoms with Gasteiger partial charge in [0.15, 0.2) is 0 Å². The van der Waals surface area contributed by atoms with Gasteiger partial charge in [-0.05, 0) is 24.1 Å². The molecule has 0 aliphatic rings. The lowest BCUT2D eigenvalue weighted by Gasteiger charge is -2.11. The summed E-state index contributed by atoms with van der Waals surface area (Å²) < 4.78 is 1.07. The van der Waals surface area contributed by atoms with Crippen LogP contribution in [0.2, 0.25) is 0 Å². The van der Waals surface area contributed by atoms with Crippen molar-refractivity contribution in [3.63, 3.8) is 0 Å². The molecule has 0 bridgehead atoms. The van der Waals surface area contributed by atoms with Crippen LogP contribution < -0.4 is 11.4 Å². The van der Waals surface area contributed by atoms with Gasteiger partial charge in [-0.15, -0.1) is 0 Å². The molecule has 7 nitrogen and oxygen atoms in total. The van der Waals surface area contributed by atoms with Crippen molar-refractivity contribution in [3.05, 3.63) is 62.4 Å². The van der Waals surface area contributed by atoms with Crippen molar-refractivity contribution in [2.24, 2.45) is 0 Å². The molecule has 0 spiro atoms. The molecule has 1 atom stereocenters. The third-order valence-electron chi connectivity index (χ3n) is 2.94. The van der Waals surface area contributed by atoms with Crippen LogP contribution in [-0.2, 0) is 4.79 Å². The average Bonchev–Trinajstić information content (AvgIpc) is 2.76. The molecule has 104 valence electrons. The Morgan fingerprint density at radius 2 is 1.75 bits per heavy atom. The molecule has 1 aromatic heterocycles. The molecule has 2 rings (SSSR count). The van der Waals surface area contributed by atoms with Crippen LogP contribution in [0, 0.1) is 0 Å². The van der Waals surface area contributed by atoms with Crippen molar-refractivity contribution >= 4 is 12.0 Å². The minimum Gasteiger partial charge on any atom is -0.478 e. The summed E-state index contributed by atoms with van der Waals surface area (Å²) in [5.74, 6) is -1.02. The molecule has 1 aromatic carbocycles. The molecule has 0 fully saturated rings. The molecular formula is C13H13N3O4. The molecule has 0 saturated carbocycles.